The fraction of sp³-hybridized carbons (Fsp3) is 1.00. The smallest absolute Gasteiger partial charge is 0.314 e. The summed E-state index contributed by atoms with van der Waals surface area (Å²) in [4.78, 5) is 16.7. The molecular formula is C4H10NO4P. The van der Waals surface area contributed by atoms with Gasteiger partial charge in [-0.25, -0.2) is 4.57 Å². The number of nitrogens with one attached hydrogen (secondary N) is 1. The van der Waals surface area contributed by atoms with E-state index in [0.29, 0.717) is 13.0 Å². The van der Waals surface area contributed by atoms with Crippen molar-refractivity contribution in [1.29, 1.82) is 0 Å². The van der Waals surface area contributed by atoms with Crippen molar-refractivity contribution >= 4 is 7.82 Å². The van der Waals surface area contributed by atoms with Crippen LogP contribution < -0.4 is 5.32 Å². The SMILES string of the molecule is O=P(O)(O)O[C@@H]1CCNC1. The van der Waals surface area contributed by atoms with Gasteiger partial charge in [-0.1, -0.05) is 0 Å². The fourth-order valence-electron chi connectivity index (χ4n) is 0.912. The molecule has 1 rings (SSSR count). The maximum Gasteiger partial charge on any atom is 0.469 e. The molecule has 0 aromatic carbocycles. The van der Waals surface area contributed by atoms with E-state index < -0.39 is 7.82 Å². The molecule has 0 unspecified atom stereocenters. The first-order chi connectivity index (χ1) is 4.58. The van der Waals surface area contributed by atoms with Crippen molar-refractivity contribution in [2.24, 2.45) is 0 Å². The van der Waals surface area contributed by atoms with Gasteiger partial charge in [-0.05, 0) is 13.0 Å². The second-order valence-corrected chi connectivity index (χ2v) is 3.40. The maximum atomic E-state index is 10.2. The van der Waals surface area contributed by atoms with Crippen molar-refractivity contribution in [2.75, 3.05) is 13.1 Å². The molecule has 1 saturated heterocycles. The van der Waals surface area contributed by atoms with Crippen LogP contribution in [-0.4, -0.2) is 29.0 Å². The van der Waals surface area contributed by atoms with Gasteiger partial charge in [0.2, 0.25) is 0 Å². The fourth-order valence-corrected chi connectivity index (χ4v) is 1.48. The van der Waals surface area contributed by atoms with Crippen LogP contribution in [0.2, 0.25) is 0 Å². The molecule has 1 atom stereocenters. The van der Waals surface area contributed by atoms with Crippen LogP contribution in [0.5, 0.6) is 0 Å². The van der Waals surface area contributed by atoms with Crippen LogP contribution in [-0.2, 0) is 9.09 Å². The van der Waals surface area contributed by atoms with Gasteiger partial charge in [0, 0.05) is 6.54 Å². The van der Waals surface area contributed by atoms with Gasteiger partial charge in [-0.15, -0.1) is 0 Å². The summed E-state index contributed by atoms with van der Waals surface area (Å²) in [6.07, 6.45) is 0.353. The summed E-state index contributed by atoms with van der Waals surface area (Å²) in [6, 6.07) is 0. The highest BCUT2D eigenvalue weighted by Gasteiger charge is 2.24. The molecule has 60 valence electrons. The zero-order valence-electron chi connectivity index (χ0n) is 5.36. The second kappa shape index (κ2) is 2.98. The van der Waals surface area contributed by atoms with Gasteiger partial charge in [0.1, 0.15) is 0 Å². The highest BCUT2D eigenvalue weighted by molar-refractivity contribution is 7.46. The third kappa shape index (κ3) is 2.77. The van der Waals surface area contributed by atoms with E-state index in [4.69, 9.17) is 9.79 Å². The van der Waals surface area contributed by atoms with Gasteiger partial charge in [0.15, 0.2) is 0 Å². The molecule has 0 bridgehead atoms. The lowest BCUT2D eigenvalue weighted by Gasteiger charge is -2.09. The topological polar surface area (TPSA) is 78.8 Å². The van der Waals surface area contributed by atoms with Crippen molar-refractivity contribution in [3.8, 4) is 0 Å². The molecule has 1 heterocycles. The van der Waals surface area contributed by atoms with E-state index in [1.807, 2.05) is 0 Å². The first-order valence-corrected chi connectivity index (χ1v) is 4.55. The van der Waals surface area contributed by atoms with Gasteiger partial charge in [0.25, 0.3) is 0 Å². The quantitative estimate of drug-likeness (QED) is 0.481. The highest BCUT2D eigenvalue weighted by atomic mass is 31.2. The minimum Gasteiger partial charge on any atom is -0.314 e. The summed E-state index contributed by atoms with van der Waals surface area (Å²) in [7, 11) is -4.25. The molecule has 10 heavy (non-hydrogen) atoms. The highest BCUT2D eigenvalue weighted by Crippen LogP contribution is 2.38. The van der Waals surface area contributed by atoms with Crippen molar-refractivity contribution < 1.29 is 18.9 Å². The first kappa shape index (κ1) is 8.17. The summed E-state index contributed by atoms with van der Waals surface area (Å²) in [5, 5.41) is 2.93. The zero-order valence-corrected chi connectivity index (χ0v) is 6.25. The monoisotopic (exact) mass is 167 g/mol. The Kier molecular flexibility index (Phi) is 2.44. The molecule has 0 aromatic heterocycles. The zero-order chi connectivity index (χ0) is 7.61. The Balaban J connectivity index is 2.31. The predicted octanol–water partition coefficient (Wildman–Crippen LogP) is -0.542. The van der Waals surface area contributed by atoms with Crippen molar-refractivity contribution in [3.63, 3.8) is 0 Å². The lowest BCUT2D eigenvalue weighted by atomic mass is 10.3. The molecule has 0 saturated carbocycles. The van der Waals surface area contributed by atoms with E-state index >= 15 is 0 Å². The van der Waals surface area contributed by atoms with E-state index in [0.717, 1.165) is 6.54 Å². The average Bonchev–Trinajstić information content (AvgIpc) is 2.12. The number of rotatable bonds is 2. The Morgan fingerprint density at radius 2 is 2.30 bits per heavy atom. The summed E-state index contributed by atoms with van der Waals surface area (Å²) in [5.41, 5.74) is 0. The van der Waals surface area contributed by atoms with Crippen LogP contribution >= 0.6 is 7.82 Å². The van der Waals surface area contributed by atoms with Crippen LogP contribution in [0.1, 0.15) is 6.42 Å². The number of phosphoric acid groups is 1. The van der Waals surface area contributed by atoms with Gasteiger partial charge >= 0.3 is 7.82 Å². The molecule has 0 spiro atoms. The Morgan fingerprint density at radius 1 is 1.60 bits per heavy atom. The largest absolute Gasteiger partial charge is 0.469 e. The normalized spacial score (nSPS) is 27.2. The maximum absolute atomic E-state index is 10.2. The molecule has 5 nitrogen and oxygen atoms in total. The van der Waals surface area contributed by atoms with Gasteiger partial charge in [-0.2, -0.15) is 0 Å². The Bertz CT molecular complexity index is 149. The third-order valence-electron chi connectivity index (χ3n) is 1.30. The standard InChI is InChI=1S/C4H10NO4P/c6-10(7,8)9-4-1-2-5-3-4/h4-5H,1-3H2,(H2,6,7,8)/t4-/m1/s1. The second-order valence-electron chi connectivity index (χ2n) is 2.21. The van der Waals surface area contributed by atoms with Gasteiger partial charge in [0.05, 0.1) is 6.10 Å². The number of hydrogen-bond donors (Lipinski definition) is 3. The average molecular weight is 167 g/mol. The number of hydrogen-bond acceptors (Lipinski definition) is 3. The molecular weight excluding hydrogens is 157 g/mol. The molecule has 6 heteroatoms. The minimum atomic E-state index is -4.25. The van der Waals surface area contributed by atoms with Gasteiger partial charge in [-0.3, -0.25) is 4.52 Å². The molecule has 1 fully saturated rings. The van der Waals surface area contributed by atoms with Crippen LogP contribution in [0, 0.1) is 0 Å². The molecule has 0 aliphatic carbocycles. The first-order valence-electron chi connectivity index (χ1n) is 3.02. The van der Waals surface area contributed by atoms with E-state index in [2.05, 4.69) is 9.84 Å². The lowest BCUT2D eigenvalue weighted by Crippen LogP contribution is -2.15. The summed E-state index contributed by atoms with van der Waals surface area (Å²) in [6.45, 7) is 1.30. The van der Waals surface area contributed by atoms with E-state index in [1.165, 1.54) is 0 Å². The summed E-state index contributed by atoms with van der Waals surface area (Å²) in [5.74, 6) is 0. The lowest BCUT2D eigenvalue weighted by molar-refractivity contribution is 0.145. The Hall–Kier alpha value is 0.0700. The molecule has 3 N–H and O–H groups in total. The molecule has 0 amide bonds. The van der Waals surface area contributed by atoms with Crippen molar-refractivity contribution in [3.05, 3.63) is 0 Å². The Labute approximate surface area is 58.6 Å². The van der Waals surface area contributed by atoms with E-state index in [-0.39, 0.29) is 6.10 Å². The Morgan fingerprint density at radius 3 is 2.70 bits per heavy atom. The van der Waals surface area contributed by atoms with Crippen molar-refractivity contribution in [1.82, 2.24) is 5.32 Å². The minimum absolute atomic E-state index is 0.319. The molecule has 0 aromatic rings. The van der Waals surface area contributed by atoms with Crippen LogP contribution in [0.3, 0.4) is 0 Å². The number of phosphoric ester groups is 1. The van der Waals surface area contributed by atoms with Crippen molar-refractivity contribution in [2.45, 2.75) is 12.5 Å². The molecule has 1 aliphatic heterocycles. The predicted molar refractivity (Wildman–Crippen MR) is 34.4 cm³/mol. The van der Waals surface area contributed by atoms with Crippen LogP contribution in [0.4, 0.5) is 0 Å². The molecule has 1 aliphatic rings. The van der Waals surface area contributed by atoms with Crippen LogP contribution in [0.15, 0.2) is 0 Å². The van der Waals surface area contributed by atoms with E-state index in [1.54, 1.807) is 0 Å². The summed E-state index contributed by atoms with van der Waals surface area (Å²) < 4.78 is 14.6. The van der Waals surface area contributed by atoms with E-state index in [9.17, 15) is 4.57 Å². The summed E-state index contributed by atoms with van der Waals surface area (Å²) >= 11 is 0. The van der Waals surface area contributed by atoms with Gasteiger partial charge < -0.3 is 15.1 Å². The van der Waals surface area contributed by atoms with Crippen LogP contribution in [0.25, 0.3) is 0 Å². The third-order valence-corrected chi connectivity index (χ3v) is 1.87. The molecule has 0 radical (unpaired) electrons.